The Labute approximate surface area is 126 Å². The number of rotatable bonds is 3. The summed E-state index contributed by atoms with van der Waals surface area (Å²) in [7, 11) is 1.56. The summed E-state index contributed by atoms with van der Waals surface area (Å²) in [6.07, 6.45) is 0. The third kappa shape index (κ3) is 3.15. The van der Waals surface area contributed by atoms with Crippen LogP contribution in [0.2, 0.25) is 10.0 Å². The number of benzene rings is 2. The normalized spacial score (nSPS) is 10.2. The van der Waals surface area contributed by atoms with Crippen LogP contribution in [0.25, 0.3) is 0 Å². The van der Waals surface area contributed by atoms with Crippen LogP contribution in [-0.2, 0) is 0 Å². The summed E-state index contributed by atoms with van der Waals surface area (Å²) in [6, 6.07) is 9.96. The summed E-state index contributed by atoms with van der Waals surface area (Å²) >= 11 is 11.8. The van der Waals surface area contributed by atoms with Crippen molar-refractivity contribution in [2.75, 3.05) is 18.2 Å². The summed E-state index contributed by atoms with van der Waals surface area (Å²) < 4.78 is 5.09. The van der Waals surface area contributed by atoms with Gasteiger partial charge in [0.05, 0.1) is 22.8 Å². The molecule has 0 saturated heterocycles. The number of nitrogens with one attached hydrogen (secondary N) is 1. The van der Waals surface area contributed by atoms with Crippen LogP contribution in [0.3, 0.4) is 0 Å². The fraction of sp³-hybridized carbons (Fsp3) is 0.0714. The van der Waals surface area contributed by atoms with E-state index in [0.29, 0.717) is 17.0 Å². The van der Waals surface area contributed by atoms with Crippen molar-refractivity contribution in [1.82, 2.24) is 0 Å². The number of ether oxygens (including phenoxy) is 1. The maximum absolute atomic E-state index is 12.1. The molecule has 3 N–H and O–H groups in total. The molecule has 1 amide bonds. The molecular formula is C14H12Cl2N2O2. The lowest BCUT2D eigenvalue weighted by Gasteiger charge is -2.09. The highest BCUT2D eigenvalue weighted by Gasteiger charge is 2.11. The molecule has 0 atom stereocenters. The Morgan fingerprint density at radius 1 is 1.25 bits per heavy atom. The number of anilines is 2. The van der Waals surface area contributed by atoms with Crippen molar-refractivity contribution in [1.29, 1.82) is 0 Å². The quantitative estimate of drug-likeness (QED) is 0.847. The van der Waals surface area contributed by atoms with E-state index in [0.717, 1.165) is 0 Å². The first-order valence-corrected chi connectivity index (χ1v) is 6.47. The molecule has 2 aromatic carbocycles. The minimum atomic E-state index is -0.330. The van der Waals surface area contributed by atoms with Crippen LogP contribution in [0.4, 0.5) is 11.4 Å². The van der Waals surface area contributed by atoms with Gasteiger partial charge >= 0.3 is 0 Å². The van der Waals surface area contributed by atoms with Crippen LogP contribution in [0, 0.1) is 0 Å². The maximum Gasteiger partial charge on any atom is 0.255 e. The highest BCUT2D eigenvalue weighted by molar-refractivity contribution is 6.44. The Kier molecular flexibility index (Phi) is 4.37. The first kappa shape index (κ1) is 14.5. The molecule has 0 radical (unpaired) electrons. The van der Waals surface area contributed by atoms with Crippen LogP contribution < -0.4 is 15.8 Å². The Hall–Kier alpha value is -1.91. The van der Waals surface area contributed by atoms with Crippen LogP contribution in [0.1, 0.15) is 10.4 Å². The van der Waals surface area contributed by atoms with Gasteiger partial charge in [-0.2, -0.15) is 0 Å². The molecule has 0 aromatic heterocycles. The van der Waals surface area contributed by atoms with Gasteiger partial charge in [0.15, 0.2) is 0 Å². The number of carbonyl (C=O) groups excluding carboxylic acids is 1. The fourth-order valence-electron chi connectivity index (χ4n) is 1.65. The summed E-state index contributed by atoms with van der Waals surface area (Å²) in [6.45, 7) is 0. The molecule has 0 spiro atoms. The molecule has 2 aromatic rings. The zero-order chi connectivity index (χ0) is 14.7. The third-order valence-corrected chi connectivity index (χ3v) is 3.46. The first-order valence-electron chi connectivity index (χ1n) is 5.71. The van der Waals surface area contributed by atoms with E-state index in [-0.39, 0.29) is 21.6 Å². The average Bonchev–Trinajstić information content (AvgIpc) is 2.44. The average molecular weight is 311 g/mol. The number of carbonyl (C=O) groups is 1. The summed E-state index contributed by atoms with van der Waals surface area (Å²) in [5.74, 6) is 0.319. The molecular weight excluding hydrogens is 299 g/mol. The van der Waals surface area contributed by atoms with Crippen molar-refractivity contribution in [3.05, 3.63) is 52.0 Å². The number of nitrogens with two attached hydrogens (primary N) is 1. The molecule has 104 valence electrons. The van der Waals surface area contributed by atoms with Crippen LogP contribution >= 0.6 is 23.2 Å². The predicted octanol–water partition coefficient (Wildman–Crippen LogP) is 3.84. The van der Waals surface area contributed by atoms with E-state index < -0.39 is 0 Å². The molecule has 20 heavy (non-hydrogen) atoms. The molecule has 0 fully saturated rings. The van der Waals surface area contributed by atoms with E-state index in [9.17, 15) is 4.79 Å². The number of methoxy groups -OCH3 is 1. The van der Waals surface area contributed by atoms with Gasteiger partial charge in [-0.1, -0.05) is 29.3 Å². The molecule has 2 rings (SSSR count). The van der Waals surface area contributed by atoms with Crippen LogP contribution in [-0.4, -0.2) is 13.0 Å². The molecule has 0 aliphatic rings. The van der Waals surface area contributed by atoms with Gasteiger partial charge < -0.3 is 15.8 Å². The van der Waals surface area contributed by atoms with Crippen molar-refractivity contribution < 1.29 is 9.53 Å². The molecule has 0 saturated carbocycles. The van der Waals surface area contributed by atoms with E-state index in [1.807, 2.05) is 0 Å². The van der Waals surface area contributed by atoms with E-state index >= 15 is 0 Å². The van der Waals surface area contributed by atoms with E-state index in [2.05, 4.69) is 5.32 Å². The van der Waals surface area contributed by atoms with Gasteiger partial charge in [0, 0.05) is 17.3 Å². The lowest BCUT2D eigenvalue weighted by Crippen LogP contribution is -2.12. The molecule has 6 heteroatoms. The van der Waals surface area contributed by atoms with Crippen molar-refractivity contribution in [2.45, 2.75) is 0 Å². The van der Waals surface area contributed by atoms with Gasteiger partial charge in [-0.25, -0.2) is 0 Å². The summed E-state index contributed by atoms with van der Waals surface area (Å²) in [5, 5.41) is 3.21. The fourth-order valence-corrected chi connectivity index (χ4v) is 1.98. The molecule has 0 bridgehead atoms. The van der Waals surface area contributed by atoms with Crippen molar-refractivity contribution in [3.8, 4) is 5.75 Å². The van der Waals surface area contributed by atoms with Gasteiger partial charge in [0.1, 0.15) is 5.75 Å². The number of nitrogen functional groups attached to an aromatic ring is 1. The zero-order valence-corrected chi connectivity index (χ0v) is 12.1. The SMILES string of the molecule is COc1cccc(NC(=O)c2cc(N)c(Cl)c(Cl)c2)c1. The van der Waals surface area contributed by atoms with Gasteiger partial charge in [-0.15, -0.1) is 0 Å². The number of hydrogen-bond acceptors (Lipinski definition) is 3. The van der Waals surface area contributed by atoms with Gasteiger partial charge in [0.2, 0.25) is 0 Å². The second-order valence-corrected chi connectivity index (χ2v) is 4.83. The Morgan fingerprint density at radius 3 is 2.65 bits per heavy atom. The predicted molar refractivity (Wildman–Crippen MR) is 81.8 cm³/mol. The molecule has 4 nitrogen and oxygen atoms in total. The van der Waals surface area contributed by atoms with Crippen LogP contribution in [0.5, 0.6) is 5.75 Å². The monoisotopic (exact) mass is 310 g/mol. The van der Waals surface area contributed by atoms with Gasteiger partial charge in [-0.3, -0.25) is 4.79 Å². The van der Waals surface area contributed by atoms with Gasteiger partial charge in [0.25, 0.3) is 5.91 Å². The highest BCUT2D eigenvalue weighted by Crippen LogP contribution is 2.29. The maximum atomic E-state index is 12.1. The Morgan fingerprint density at radius 2 is 2.00 bits per heavy atom. The topological polar surface area (TPSA) is 64.3 Å². The van der Waals surface area contributed by atoms with E-state index in [1.54, 1.807) is 31.4 Å². The second-order valence-electron chi connectivity index (χ2n) is 4.05. The molecule has 0 aliphatic carbocycles. The first-order chi connectivity index (χ1) is 9.51. The second kappa shape index (κ2) is 6.03. The summed E-state index contributed by atoms with van der Waals surface area (Å²) in [4.78, 5) is 12.1. The largest absolute Gasteiger partial charge is 0.497 e. The minimum absolute atomic E-state index is 0.238. The number of amides is 1. The molecule has 0 heterocycles. The Balaban J connectivity index is 2.23. The van der Waals surface area contributed by atoms with Gasteiger partial charge in [-0.05, 0) is 24.3 Å². The minimum Gasteiger partial charge on any atom is -0.497 e. The molecule has 0 aliphatic heterocycles. The Bertz CT molecular complexity index is 636. The zero-order valence-electron chi connectivity index (χ0n) is 10.6. The lowest BCUT2D eigenvalue weighted by molar-refractivity contribution is 0.102. The number of halogens is 2. The summed E-state index contributed by atoms with van der Waals surface area (Å²) in [5.41, 5.74) is 6.88. The van der Waals surface area contributed by atoms with Crippen molar-refractivity contribution in [2.24, 2.45) is 0 Å². The smallest absolute Gasteiger partial charge is 0.255 e. The lowest BCUT2D eigenvalue weighted by atomic mass is 10.2. The van der Waals surface area contributed by atoms with E-state index in [1.165, 1.54) is 12.1 Å². The van der Waals surface area contributed by atoms with Crippen molar-refractivity contribution in [3.63, 3.8) is 0 Å². The third-order valence-electron chi connectivity index (χ3n) is 2.65. The number of hydrogen-bond donors (Lipinski definition) is 2. The molecule has 0 unspecified atom stereocenters. The van der Waals surface area contributed by atoms with Crippen molar-refractivity contribution >= 4 is 40.5 Å². The standard InChI is InChI=1S/C14H12Cl2N2O2/c1-20-10-4-2-3-9(7-10)18-14(19)8-5-11(15)13(16)12(17)6-8/h2-7H,17H2,1H3,(H,18,19). The highest BCUT2D eigenvalue weighted by atomic mass is 35.5. The van der Waals surface area contributed by atoms with Crippen LogP contribution in [0.15, 0.2) is 36.4 Å². The van der Waals surface area contributed by atoms with E-state index in [4.69, 9.17) is 33.7 Å².